The van der Waals surface area contributed by atoms with Crippen molar-refractivity contribution in [2.24, 2.45) is 0 Å². The number of anilines is 1. The van der Waals surface area contributed by atoms with Crippen molar-refractivity contribution < 1.29 is 19.2 Å². The van der Waals surface area contributed by atoms with Crippen LogP contribution in [0, 0.1) is 17.0 Å². The van der Waals surface area contributed by atoms with Crippen LogP contribution in [-0.4, -0.2) is 21.8 Å². The Hall–Kier alpha value is -3.59. The molecule has 148 valence electrons. The number of aromatic nitrogens is 1. The van der Waals surface area contributed by atoms with Crippen LogP contribution in [0.2, 0.25) is 0 Å². The molecule has 0 bridgehead atoms. The number of nitro benzene ring substituents is 1. The lowest BCUT2D eigenvalue weighted by Gasteiger charge is -2.04. The highest BCUT2D eigenvalue weighted by Gasteiger charge is 2.13. The second-order valence-corrected chi connectivity index (χ2v) is 7.15. The third kappa shape index (κ3) is 5.69. The molecule has 9 heteroatoms. The van der Waals surface area contributed by atoms with E-state index in [0.29, 0.717) is 10.7 Å². The average molecular weight is 411 g/mol. The summed E-state index contributed by atoms with van der Waals surface area (Å²) in [6.45, 7) is 1.92. The zero-order chi connectivity index (χ0) is 20.8. The normalized spacial score (nSPS) is 10.4. The van der Waals surface area contributed by atoms with Gasteiger partial charge < -0.3 is 10.1 Å². The van der Waals surface area contributed by atoms with E-state index in [9.17, 15) is 19.7 Å². The number of nitro groups is 1. The smallest absolute Gasteiger partial charge is 0.338 e. The van der Waals surface area contributed by atoms with Gasteiger partial charge in [-0.3, -0.25) is 14.9 Å². The third-order valence-corrected chi connectivity index (χ3v) is 4.81. The Morgan fingerprint density at radius 2 is 1.83 bits per heavy atom. The highest BCUT2D eigenvalue weighted by atomic mass is 32.1. The summed E-state index contributed by atoms with van der Waals surface area (Å²) in [5.74, 6) is -0.788. The highest BCUT2D eigenvalue weighted by Crippen LogP contribution is 2.16. The van der Waals surface area contributed by atoms with E-state index in [1.807, 2.05) is 31.2 Å². The van der Waals surface area contributed by atoms with Crippen LogP contribution in [0.3, 0.4) is 0 Å². The number of hydrogen-bond donors (Lipinski definition) is 1. The minimum Gasteiger partial charge on any atom is -0.456 e. The molecule has 1 aromatic heterocycles. The Bertz CT molecular complexity index is 1030. The van der Waals surface area contributed by atoms with Gasteiger partial charge in [-0.1, -0.05) is 17.7 Å². The predicted octanol–water partition coefficient (Wildman–Crippen LogP) is 3.90. The zero-order valence-corrected chi connectivity index (χ0v) is 16.3. The number of ether oxygens (including phenoxy) is 1. The third-order valence-electron chi connectivity index (χ3n) is 3.91. The Labute approximate surface area is 170 Å². The van der Waals surface area contributed by atoms with Crippen molar-refractivity contribution in [2.75, 3.05) is 5.32 Å². The molecule has 0 unspecified atom stereocenters. The van der Waals surface area contributed by atoms with Gasteiger partial charge in [0, 0.05) is 23.2 Å². The SMILES string of the molecule is Cc1ccc(NC(=O)Cc2nc(COC(=O)c3ccc([N+](=O)[O-])cc3)cs2)cc1. The lowest BCUT2D eigenvalue weighted by molar-refractivity contribution is -0.384. The van der Waals surface area contributed by atoms with Gasteiger partial charge in [-0.2, -0.15) is 0 Å². The van der Waals surface area contributed by atoms with E-state index in [-0.39, 0.29) is 30.2 Å². The van der Waals surface area contributed by atoms with Crippen molar-refractivity contribution in [3.8, 4) is 0 Å². The molecule has 3 rings (SSSR count). The molecule has 29 heavy (non-hydrogen) atoms. The van der Waals surface area contributed by atoms with Crippen molar-refractivity contribution in [3.63, 3.8) is 0 Å². The molecule has 1 heterocycles. The van der Waals surface area contributed by atoms with Crippen LogP contribution >= 0.6 is 11.3 Å². The molecule has 0 aliphatic heterocycles. The molecule has 8 nitrogen and oxygen atoms in total. The number of nitrogens with one attached hydrogen (secondary N) is 1. The summed E-state index contributed by atoms with van der Waals surface area (Å²) < 4.78 is 5.17. The lowest BCUT2D eigenvalue weighted by Crippen LogP contribution is -2.14. The number of benzene rings is 2. The Balaban J connectivity index is 1.50. The number of carbonyl (C=O) groups is 2. The summed E-state index contributed by atoms with van der Waals surface area (Å²) in [4.78, 5) is 38.6. The molecule has 0 saturated carbocycles. The van der Waals surface area contributed by atoms with Crippen LogP contribution < -0.4 is 5.32 Å². The lowest BCUT2D eigenvalue weighted by atomic mass is 10.2. The molecule has 0 saturated heterocycles. The molecule has 1 N–H and O–H groups in total. The fourth-order valence-electron chi connectivity index (χ4n) is 2.42. The molecule has 0 radical (unpaired) electrons. The second-order valence-electron chi connectivity index (χ2n) is 6.20. The fraction of sp³-hybridized carbons (Fsp3) is 0.150. The van der Waals surface area contributed by atoms with Gasteiger partial charge in [-0.15, -0.1) is 11.3 Å². The number of aryl methyl sites for hydroxylation is 1. The first-order valence-corrected chi connectivity index (χ1v) is 9.50. The van der Waals surface area contributed by atoms with Gasteiger partial charge in [0.1, 0.15) is 11.6 Å². The van der Waals surface area contributed by atoms with E-state index >= 15 is 0 Å². The summed E-state index contributed by atoms with van der Waals surface area (Å²) in [7, 11) is 0. The van der Waals surface area contributed by atoms with Gasteiger partial charge >= 0.3 is 5.97 Å². The van der Waals surface area contributed by atoms with Gasteiger partial charge in [0.15, 0.2) is 0 Å². The number of hydrogen-bond acceptors (Lipinski definition) is 7. The average Bonchev–Trinajstić information content (AvgIpc) is 3.15. The number of nitrogens with zero attached hydrogens (tertiary/aromatic N) is 2. The molecule has 0 spiro atoms. The molecule has 0 aliphatic carbocycles. The van der Waals surface area contributed by atoms with Crippen molar-refractivity contribution in [3.05, 3.63) is 85.9 Å². The minimum atomic E-state index is -0.605. The molecule has 3 aromatic rings. The molecule has 2 aromatic carbocycles. The summed E-state index contributed by atoms with van der Waals surface area (Å²) in [5, 5.41) is 15.8. The molecule has 1 amide bonds. The molecule has 0 aliphatic rings. The summed E-state index contributed by atoms with van der Waals surface area (Å²) >= 11 is 1.31. The highest BCUT2D eigenvalue weighted by molar-refractivity contribution is 7.09. The summed E-state index contributed by atoms with van der Waals surface area (Å²) in [6.07, 6.45) is 0.120. The van der Waals surface area contributed by atoms with Crippen LogP contribution in [0.15, 0.2) is 53.9 Å². The quantitative estimate of drug-likeness (QED) is 0.359. The topological polar surface area (TPSA) is 111 Å². The molecule has 0 atom stereocenters. The van der Waals surface area contributed by atoms with Crippen LogP contribution in [0.5, 0.6) is 0 Å². The van der Waals surface area contributed by atoms with Crippen LogP contribution in [-0.2, 0) is 22.6 Å². The first kappa shape index (κ1) is 20.2. The number of thiazole rings is 1. The summed E-state index contributed by atoms with van der Waals surface area (Å²) in [5.41, 5.74) is 2.46. The number of amides is 1. The number of esters is 1. The van der Waals surface area contributed by atoms with Crippen molar-refractivity contribution >= 4 is 34.6 Å². The van der Waals surface area contributed by atoms with E-state index in [4.69, 9.17) is 4.74 Å². The number of carbonyl (C=O) groups excluding carboxylic acids is 2. The van der Waals surface area contributed by atoms with E-state index in [2.05, 4.69) is 10.3 Å². The minimum absolute atomic E-state index is 0.0497. The van der Waals surface area contributed by atoms with E-state index in [0.717, 1.165) is 11.3 Å². The fourth-order valence-corrected chi connectivity index (χ4v) is 3.20. The van der Waals surface area contributed by atoms with Crippen LogP contribution in [0.1, 0.15) is 26.6 Å². The Morgan fingerprint density at radius 3 is 2.48 bits per heavy atom. The van der Waals surface area contributed by atoms with Gasteiger partial charge in [-0.25, -0.2) is 9.78 Å². The van der Waals surface area contributed by atoms with Crippen molar-refractivity contribution in [1.29, 1.82) is 0 Å². The Kier molecular flexibility index (Phi) is 6.30. The van der Waals surface area contributed by atoms with Gasteiger partial charge in [0.2, 0.25) is 5.91 Å². The monoisotopic (exact) mass is 411 g/mol. The molecular formula is C20H17N3O5S. The predicted molar refractivity (Wildman–Crippen MR) is 108 cm³/mol. The van der Waals surface area contributed by atoms with E-state index in [1.54, 1.807) is 5.38 Å². The number of rotatable bonds is 7. The maximum atomic E-state index is 12.1. The zero-order valence-electron chi connectivity index (χ0n) is 15.5. The number of non-ortho nitro benzene ring substituents is 1. The van der Waals surface area contributed by atoms with Crippen LogP contribution in [0.25, 0.3) is 0 Å². The van der Waals surface area contributed by atoms with Gasteiger partial charge in [-0.05, 0) is 31.2 Å². The van der Waals surface area contributed by atoms with E-state index < -0.39 is 10.9 Å². The largest absolute Gasteiger partial charge is 0.456 e. The molecular weight excluding hydrogens is 394 g/mol. The van der Waals surface area contributed by atoms with E-state index in [1.165, 1.54) is 35.6 Å². The van der Waals surface area contributed by atoms with Crippen molar-refractivity contribution in [2.45, 2.75) is 20.0 Å². The summed E-state index contributed by atoms with van der Waals surface area (Å²) in [6, 6.07) is 12.6. The van der Waals surface area contributed by atoms with Gasteiger partial charge in [0.05, 0.1) is 22.6 Å². The maximum absolute atomic E-state index is 12.1. The molecule has 0 fully saturated rings. The second kappa shape index (κ2) is 9.07. The maximum Gasteiger partial charge on any atom is 0.338 e. The Morgan fingerprint density at radius 1 is 1.14 bits per heavy atom. The standard InChI is InChI=1S/C20H17N3O5S/c1-13-2-6-15(7-3-13)21-18(24)10-19-22-16(12-29-19)11-28-20(25)14-4-8-17(9-5-14)23(26)27/h2-9,12H,10-11H2,1H3,(H,21,24). The van der Waals surface area contributed by atoms with Crippen LogP contribution in [0.4, 0.5) is 11.4 Å². The first-order chi connectivity index (χ1) is 13.9. The first-order valence-electron chi connectivity index (χ1n) is 8.62. The van der Waals surface area contributed by atoms with Crippen molar-refractivity contribution in [1.82, 2.24) is 4.98 Å². The van der Waals surface area contributed by atoms with Gasteiger partial charge in [0.25, 0.3) is 5.69 Å².